The van der Waals surface area contributed by atoms with E-state index >= 15 is 0 Å². The zero-order valence-electron chi connectivity index (χ0n) is 19.5. The van der Waals surface area contributed by atoms with Crippen LogP contribution in [-0.4, -0.2) is 4.98 Å². The van der Waals surface area contributed by atoms with E-state index in [0.29, 0.717) is 0 Å². The quantitative estimate of drug-likeness (QED) is 0.313. The predicted octanol–water partition coefficient (Wildman–Crippen LogP) is 8.40. The number of nitrogens with zero attached hydrogens (tertiary/aromatic N) is 1. The van der Waals surface area contributed by atoms with E-state index in [1.54, 1.807) is 0 Å². The Hall–Kier alpha value is -2.93. The van der Waals surface area contributed by atoms with Crippen molar-refractivity contribution >= 4 is 10.9 Å². The minimum atomic E-state index is 1.02. The monoisotopic (exact) mass is 407 g/mol. The van der Waals surface area contributed by atoms with Gasteiger partial charge in [-0.05, 0) is 85.5 Å². The molecule has 1 heteroatoms. The first-order valence-corrected chi connectivity index (χ1v) is 11.6. The Morgan fingerprint density at radius 1 is 0.742 bits per heavy atom. The standard InChI is InChI=1S/C30H33N/c1-6-8-9-24-10-13-25(14-11-24)28-19-27(30-21(4)16-20(3)17-22(30)5)26-15-12-23(7-2)18-29(26)31-28/h10-19H,6-9H2,1-5H3. The molecule has 0 spiro atoms. The second-order valence-corrected chi connectivity index (χ2v) is 8.83. The number of pyridine rings is 1. The van der Waals surface area contributed by atoms with Crippen LogP contribution in [0.25, 0.3) is 33.3 Å². The van der Waals surface area contributed by atoms with E-state index in [-0.39, 0.29) is 0 Å². The van der Waals surface area contributed by atoms with Crippen LogP contribution >= 0.6 is 0 Å². The second kappa shape index (κ2) is 9.06. The zero-order valence-corrected chi connectivity index (χ0v) is 19.5. The SMILES string of the molecule is CCCCc1ccc(-c2cc(-c3c(C)cc(C)cc3C)c3ccc(CC)cc3n2)cc1. The molecule has 1 aromatic heterocycles. The number of aromatic nitrogens is 1. The molecule has 0 atom stereocenters. The van der Waals surface area contributed by atoms with Gasteiger partial charge in [0.05, 0.1) is 11.2 Å². The highest BCUT2D eigenvalue weighted by Gasteiger charge is 2.14. The number of rotatable bonds is 6. The molecule has 0 bridgehead atoms. The van der Waals surface area contributed by atoms with Crippen LogP contribution in [0.5, 0.6) is 0 Å². The minimum absolute atomic E-state index is 1.02. The highest BCUT2D eigenvalue weighted by atomic mass is 14.7. The molecule has 4 rings (SSSR count). The van der Waals surface area contributed by atoms with E-state index in [2.05, 4.69) is 95.3 Å². The van der Waals surface area contributed by atoms with Gasteiger partial charge < -0.3 is 0 Å². The van der Waals surface area contributed by atoms with Crippen molar-refractivity contribution in [2.45, 2.75) is 60.3 Å². The summed E-state index contributed by atoms with van der Waals surface area (Å²) in [5.41, 5.74) is 12.6. The van der Waals surface area contributed by atoms with Crippen LogP contribution in [0.4, 0.5) is 0 Å². The van der Waals surface area contributed by atoms with E-state index in [1.807, 2.05) is 0 Å². The van der Waals surface area contributed by atoms with E-state index in [0.717, 1.165) is 24.1 Å². The van der Waals surface area contributed by atoms with Crippen molar-refractivity contribution in [2.24, 2.45) is 0 Å². The lowest BCUT2D eigenvalue weighted by Gasteiger charge is -2.16. The highest BCUT2D eigenvalue weighted by molar-refractivity contribution is 5.98. The average Bonchev–Trinajstić information content (AvgIpc) is 2.76. The minimum Gasteiger partial charge on any atom is -0.248 e. The third kappa shape index (κ3) is 4.42. The topological polar surface area (TPSA) is 12.9 Å². The molecule has 1 nitrogen and oxygen atoms in total. The van der Waals surface area contributed by atoms with Gasteiger partial charge in [-0.25, -0.2) is 4.98 Å². The molecular weight excluding hydrogens is 374 g/mol. The molecular formula is C30H33N. The van der Waals surface area contributed by atoms with Crippen LogP contribution in [0.2, 0.25) is 0 Å². The van der Waals surface area contributed by atoms with Gasteiger partial charge >= 0.3 is 0 Å². The molecule has 0 aliphatic rings. The van der Waals surface area contributed by atoms with Crippen molar-refractivity contribution in [3.63, 3.8) is 0 Å². The molecule has 0 saturated carbocycles. The lowest BCUT2D eigenvalue weighted by atomic mass is 9.90. The number of benzene rings is 3. The molecule has 158 valence electrons. The van der Waals surface area contributed by atoms with Crippen LogP contribution in [0, 0.1) is 20.8 Å². The Morgan fingerprint density at radius 3 is 2.06 bits per heavy atom. The number of fused-ring (bicyclic) bond motifs is 1. The molecule has 0 unspecified atom stereocenters. The smallest absolute Gasteiger partial charge is 0.0718 e. The first-order valence-electron chi connectivity index (χ1n) is 11.6. The summed E-state index contributed by atoms with van der Waals surface area (Å²) in [6.45, 7) is 11.1. The van der Waals surface area contributed by atoms with Gasteiger partial charge in [-0.15, -0.1) is 0 Å². The van der Waals surface area contributed by atoms with Gasteiger partial charge in [0.2, 0.25) is 0 Å². The van der Waals surface area contributed by atoms with Crippen molar-refractivity contribution in [3.05, 3.63) is 88.5 Å². The maximum atomic E-state index is 5.11. The summed E-state index contributed by atoms with van der Waals surface area (Å²) in [5, 5.41) is 1.23. The van der Waals surface area contributed by atoms with Gasteiger partial charge in [0, 0.05) is 10.9 Å². The molecule has 3 aromatic carbocycles. The van der Waals surface area contributed by atoms with E-state index in [9.17, 15) is 0 Å². The van der Waals surface area contributed by atoms with Gasteiger partial charge in [-0.1, -0.05) is 74.4 Å². The van der Waals surface area contributed by atoms with Gasteiger partial charge in [-0.2, -0.15) is 0 Å². The van der Waals surface area contributed by atoms with Gasteiger partial charge in [0.1, 0.15) is 0 Å². The van der Waals surface area contributed by atoms with Gasteiger partial charge in [-0.3, -0.25) is 0 Å². The first kappa shape index (κ1) is 21.3. The molecule has 0 aliphatic heterocycles. The van der Waals surface area contributed by atoms with Crippen LogP contribution in [0.15, 0.2) is 60.7 Å². The van der Waals surface area contributed by atoms with Crippen molar-refractivity contribution < 1.29 is 0 Å². The predicted molar refractivity (Wildman–Crippen MR) is 135 cm³/mol. The molecule has 0 aliphatic carbocycles. The zero-order chi connectivity index (χ0) is 22.0. The Balaban J connectivity index is 1.92. The fourth-order valence-corrected chi connectivity index (χ4v) is 4.68. The van der Waals surface area contributed by atoms with Crippen molar-refractivity contribution in [1.29, 1.82) is 0 Å². The van der Waals surface area contributed by atoms with E-state index in [4.69, 9.17) is 4.98 Å². The van der Waals surface area contributed by atoms with Crippen molar-refractivity contribution in [2.75, 3.05) is 0 Å². The van der Waals surface area contributed by atoms with Crippen LogP contribution < -0.4 is 0 Å². The molecule has 31 heavy (non-hydrogen) atoms. The molecule has 0 saturated heterocycles. The molecule has 4 aromatic rings. The van der Waals surface area contributed by atoms with E-state index < -0.39 is 0 Å². The number of hydrogen-bond acceptors (Lipinski definition) is 1. The summed E-state index contributed by atoms with van der Waals surface area (Å²) in [4.78, 5) is 5.11. The number of aryl methyl sites for hydroxylation is 5. The van der Waals surface area contributed by atoms with Gasteiger partial charge in [0.25, 0.3) is 0 Å². The van der Waals surface area contributed by atoms with Gasteiger partial charge in [0.15, 0.2) is 0 Å². The number of hydrogen-bond donors (Lipinski definition) is 0. The Morgan fingerprint density at radius 2 is 1.42 bits per heavy atom. The largest absolute Gasteiger partial charge is 0.248 e. The van der Waals surface area contributed by atoms with Crippen LogP contribution in [-0.2, 0) is 12.8 Å². The summed E-state index contributed by atoms with van der Waals surface area (Å²) in [7, 11) is 0. The Bertz CT molecular complexity index is 1190. The third-order valence-electron chi connectivity index (χ3n) is 6.30. The van der Waals surface area contributed by atoms with Crippen LogP contribution in [0.1, 0.15) is 54.5 Å². The molecule has 0 amide bonds. The first-order chi connectivity index (χ1) is 15.0. The fraction of sp³-hybridized carbons (Fsp3) is 0.300. The fourth-order valence-electron chi connectivity index (χ4n) is 4.68. The summed E-state index contributed by atoms with van der Waals surface area (Å²) in [5.74, 6) is 0. The maximum Gasteiger partial charge on any atom is 0.0718 e. The third-order valence-corrected chi connectivity index (χ3v) is 6.30. The Kier molecular flexibility index (Phi) is 6.23. The van der Waals surface area contributed by atoms with Crippen LogP contribution in [0.3, 0.4) is 0 Å². The summed E-state index contributed by atoms with van der Waals surface area (Å²) in [6, 6.07) is 22.6. The normalized spacial score (nSPS) is 11.3. The molecule has 1 heterocycles. The molecule has 0 radical (unpaired) electrons. The maximum absolute atomic E-state index is 5.11. The highest BCUT2D eigenvalue weighted by Crippen LogP contribution is 2.36. The van der Waals surface area contributed by atoms with E-state index in [1.165, 1.54) is 62.7 Å². The summed E-state index contributed by atoms with van der Waals surface area (Å²) >= 11 is 0. The summed E-state index contributed by atoms with van der Waals surface area (Å²) in [6.07, 6.45) is 4.64. The number of unbranched alkanes of at least 4 members (excludes halogenated alkanes) is 1. The summed E-state index contributed by atoms with van der Waals surface area (Å²) < 4.78 is 0. The Labute approximate surface area is 187 Å². The van der Waals surface area contributed by atoms with Crippen molar-refractivity contribution in [1.82, 2.24) is 4.98 Å². The lowest BCUT2D eigenvalue weighted by Crippen LogP contribution is -1.95. The average molecular weight is 408 g/mol. The van der Waals surface area contributed by atoms with Crippen molar-refractivity contribution in [3.8, 4) is 22.4 Å². The molecule has 0 fully saturated rings. The second-order valence-electron chi connectivity index (χ2n) is 8.83. The molecule has 0 N–H and O–H groups in total. The lowest BCUT2D eigenvalue weighted by molar-refractivity contribution is 0.795.